The Morgan fingerprint density at radius 1 is 0.792 bits per heavy atom. The number of rotatable bonds is 16. The van der Waals surface area contributed by atoms with Gasteiger partial charge < -0.3 is 15.5 Å². The van der Waals surface area contributed by atoms with Crippen molar-refractivity contribution < 1.29 is 24.6 Å². The molecule has 0 bridgehead atoms. The van der Waals surface area contributed by atoms with Crippen molar-refractivity contribution >= 4 is 17.8 Å². The van der Waals surface area contributed by atoms with Crippen LogP contribution in [0, 0.1) is 0 Å². The lowest BCUT2D eigenvalue weighted by Crippen LogP contribution is -2.42. The van der Waals surface area contributed by atoms with E-state index < -0.39 is 24.4 Å². The molecule has 0 heterocycles. The van der Waals surface area contributed by atoms with Gasteiger partial charge in [0.2, 0.25) is 5.91 Å². The monoisotopic (exact) mass is 343 g/mol. The first-order chi connectivity index (χ1) is 11.5. The minimum Gasteiger partial charge on any atom is -0.481 e. The number of carbonyl (C=O) groups excluding carboxylic acids is 1. The van der Waals surface area contributed by atoms with Crippen molar-refractivity contribution in [1.82, 2.24) is 5.32 Å². The summed E-state index contributed by atoms with van der Waals surface area (Å²) in [6.45, 7) is 2.22. The van der Waals surface area contributed by atoms with Gasteiger partial charge in [0.1, 0.15) is 6.04 Å². The van der Waals surface area contributed by atoms with E-state index in [1.54, 1.807) is 0 Å². The maximum Gasteiger partial charge on any atom is 0.326 e. The van der Waals surface area contributed by atoms with E-state index in [1.807, 2.05) is 0 Å². The molecule has 0 aromatic rings. The van der Waals surface area contributed by atoms with Crippen molar-refractivity contribution in [2.45, 2.75) is 96.4 Å². The average Bonchev–Trinajstić information content (AvgIpc) is 2.51. The first-order valence-corrected chi connectivity index (χ1v) is 9.21. The molecule has 6 heteroatoms. The lowest BCUT2D eigenvalue weighted by molar-refractivity contribution is -0.147. The highest BCUT2D eigenvalue weighted by Crippen LogP contribution is 2.12. The average molecular weight is 343 g/mol. The zero-order valence-electron chi connectivity index (χ0n) is 14.9. The number of carbonyl (C=O) groups is 3. The molecule has 0 rings (SSSR count). The molecule has 0 aliphatic heterocycles. The molecule has 0 fully saturated rings. The maximum absolute atomic E-state index is 11.6. The van der Waals surface area contributed by atoms with E-state index in [2.05, 4.69) is 12.2 Å². The number of hydrogen-bond acceptors (Lipinski definition) is 3. The second-order valence-electron chi connectivity index (χ2n) is 6.34. The van der Waals surface area contributed by atoms with Gasteiger partial charge in [0.05, 0.1) is 6.42 Å². The van der Waals surface area contributed by atoms with Gasteiger partial charge in [0, 0.05) is 6.42 Å². The Labute approximate surface area is 145 Å². The Morgan fingerprint density at radius 2 is 1.25 bits per heavy atom. The normalized spacial score (nSPS) is 11.9. The van der Waals surface area contributed by atoms with Crippen LogP contribution in [0.3, 0.4) is 0 Å². The van der Waals surface area contributed by atoms with E-state index in [-0.39, 0.29) is 12.3 Å². The first-order valence-electron chi connectivity index (χ1n) is 9.21. The highest BCUT2D eigenvalue weighted by atomic mass is 16.4. The summed E-state index contributed by atoms with van der Waals surface area (Å²) in [6, 6.07) is -1.34. The van der Waals surface area contributed by atoms with E-state index in [4.69, 9.17) is 10.2 Å². The largest absolute Gasteiger partial charge is 0.481 e. The third kappa shape index (κ3) is 14.0. The maximum atomic E-state index is 11.6. The fourth-order valence-electron chi connectivity index (χ4n) is 2.59. The fraction of sp³-hybridized carbons (Fsp3) is 0.833. The molecule has 0 aromatic heterocycles. The molecule has 0 saturated heterocycles. The molecule has 140 valence electrons. The van der Waals surface area contributed by atoms with E-state index in [1.165, 1.54) is 51.4 Å². The van der Waals surface area contributed by atoms with Crippen LogP contribution in [0.4, 0.5) is 0 Å². The molecule has 3 N–H and O–H groups in total. The lowest BCUT2D eigenvalue weighted by atomic mass is 10.1. The van der Waals surface area contributed by atoms with Crippen molar-refractivity contribution in [3.63, 3.8) is 0 Å². The predicted octanol–water partition coefficient (Wildman–Crippen LogP) is 3.73. The molecule has 24 heavy (non-hydrogen) atoms. The molecule has 1 amide bonds. The van der Waals surface area contributed by atoms with Crippen molar-refractivity contribution in [2.75, 3.05) is 0 Å². The highest BCUT2D eigenvalue weighted by molar-refractivity contribution is 5.86. The minimum absolute atomic E-state index is 0.250. The summed E-state index contributed by atoms with van der Waals surface area (Å²) < 4.78 is 0. The van der Waals surface area contributed by atoms with E-state index in [9.17, 15) is 14.4 Å². The van der Waals surface area contributed by atoms with E-state index >= 15 is 0 Å². The molecule has 1 unspecified atom stereocenters. The number of carboxylic acid groups (broad SMARTS) is 2. The Morgan fingerprint density at radius 3 is 1.67 bits per heavy atom. The summed E-state index contributed by atoms with van der Waals surface area (Å²) in [6.07, 6.45) is 12.7. The van der Waals surface area contributed by atoms with Crippen LogP contribution in [0.15, 0.2) is 0 Å². The Hall–Kier alpha value is -1.59. The summed E-state index contributed by atoms with van der Waals surface area (Å²) in [5, 5.41) is 19.7. The minimum atomic E-state index is -1.34. The molecule has 0 aliphatic rings. The van der Waals surface area contributed by atoms with Gasteiger partial charge in [0.25, 0.3) is 0 Å². The molecule has 0 spiro atoms. The van der Waals surface area contributed by atoms with Crippen LogP contribution in [0.1, 0.15) is 90.4 Å². The fourth-order valence-corrected chi connectivity index (χ4v) is 2.59. The third-order valence-electron chi connectivity index (χ3n) is 4.02. The molecular weight excluding hydrogens is 310 g/mol. The Bertz CT molecular complexity index is 370. The number of hydrogen-bond donors (Lipinski definition) is 3. The van der Waals surface area contributed by atoms with Crippen LogP contribution in [0.5, 0.6) is 0 Å². The summed E-state index contributed by atoms with van der Waals surface area (Å²) >= 11 is 0. The Kier molecular flexibility index (Phi) is 14.0. The number of carboxylic acids is 2. The summed E-state index contributed by atoms with van der Waals surface area (Å²) in [5.74, 6) is -2.94. The van der Waals surface area contributed by atoms with E-state index in [0.717, 1.165) is 12.8 Å². The topological polar surface area (TPSA) is 104 Å². The zero-order valence-corrected chi connectivity index (χ0v) is 14.9. The molecule has 0 saturated carbocycles. The number of unbranched alkanes of at least 4 members (excludes halogenated alkanes) is 10. The molecule has 1 atom stereocenters. The Balaban J connectivity index is 3.54. The first kappa shape index (κ1) is 22.4. The van der Waals surface area contributed by atoms with Gasteiger partial charge in [-0.05, 0) is 6.42 Å². The van der Waals surface area contributed by atoms with Crippen LogP contribution in [-0.2, 0) is 14.4 Å². The van der Waals surface area contributed by atoms with Crippen LogP contribution < -0.4 is 5.32 Å². The molecule has 0 aliphatic carbocycles. The van der Waals surface area contributed by atoms with Crippen LogP contribution in [-0.4, -0.2) is 34.1 Å². The van der Waals surface area contributed by atoms with Crippen LogP contribution in [0.25, 0.3) is 0 Å². The third-order valence-corrected chi connectivity index (χ3v) is 4.02. The van der Waals surface area contributed by atoms with Gasteiger partial charge in [0.15, 0.2) is 0 Å². The second-order valence-corrected chi connectivity index (χ2v) is 6.34. The van der Waals surface area contributed by atoms with Gasteiger partial charge in [-0.1, -0.05) is 71.1 Å². The van der Waals surface area contributed by atoms with Gasteiger partial charge in [-0.2, -0.15) is 0 Å². The quantitative estimate of drug-likeness (QED) is 0.370. The smallest absolute Gasteiger partial charge is 0.326 e. The van der Waals surface area contributed by atoms with Gasteiger partial charge in [-0.15, -0.1) is 0 Å². The summed E-state index contributed by atoms with van der Waals surface area (Å²) in [4.78, 5) is 33.0. The molecule has 0 radical (unpaired) electrons. The van der Waals surface area contributed by atoms with Crippen molar-refractivity contribution in [3.05, 3.63) is 0 Å². The van der Waals surface area contributed by atoms with Crippen molar-refractivity contribution in [3.8, 4) is 0 Å². The van der Waals surface area contributed by atoms with Crippen LogP contribution in [0.2, 0.25) is 0 Å². The summed E-state index contributed by atoms with van der Waals surface area (Å²) in [7, 11) is 0. The summed E-state index contributed by atoms with van der Waals surface area (Å²) in [5.41, 5.74) is 0. The molecular formula is C18H33NO5. The van der Waals surface area contributed by atoms with Gasteiger partial charge in [-0.3, -0.25) is 9.59 Å². The highest BCUT2D eigenvalue weighted by Gasteiger charge is 2.22. The van der Waals surface area contributed by atoms with Crippen molar-refractivity contribution in [2.24, 2.45) is 0 Å². The number of amides is 1. The van der Waals surface area contributed by atoms with Crippen LogP contribution >= 0.6 is 0 Å². The molecule has 6 nitrogen and oxygen atoms in total. The van der Waals surface area contributed by atoms with E-state index in [0.29, 0.717) is 6.42 Å². The number of nitrogens with one attached hydrogen (secondary N) is 1. The SMILES string of the molecule is CCCCCCCCCCCCCC(=O)NC(CC(=O)O)C(=O)O. The van der Waals surface area contributed by atoms with Gasteiger partial charge in [-0.25, -0.2) is 4.79 Å². The predicted molar refractivity (Wildman–Crippen MR) is 92.9 cm³/mol. The molecule has 0 aromatic carbocycles. The van der Waals surface area contributed by atoms with Gasteiger partial charge >= 0.3 is 11.9 Å². The standard InChI is InChI=1S/C18H33NO5/c1-2-3-4-5-6-7-8-9-10-11-12-13-16(20)19-15(18(23)24)14-17(21)22/h15H,2-14H2,1H3,(H,19,20)(H,21,22)(H,23,24). The van der Waals surface area contributed by atoms with Crippen molar-refractivity contribution in [1.29, 1.82) is 0 Å². The second kappa shape index (κ2) is 15.0. The number of aliphatic carboxylic acids is 2. The zero-order chi connectivity index (χ0) is 18.2. The lowest BCUT2D eigenvalue weighted by Gasteiger charge is -2.12.